The van der Waals surface area contributed by atoms with Crippen molar-refractivity contribution in [3.8, 4) is 0 Å². The van der Waals surface area contributed by atoms with Crippen LogP contribution in [0.2, 0.25) is 0 Å². The normalized spacial score (nSPS) is 21.3. The third-order valence-electron chi connectivity index (χ3n) is 4.30. The number of hydrogen-bond acceptors (Lipinski definition) is 4. The number of hydrogen-bond donors (Lipinski definition) is 0. The maximum absolute atomic E-state index is 6.08. The highest BCUT2D eigenvalue weighted by molar-refractivity contribution is 8.32. The van der Waals surface area contributed by atoms with Gasteiger partial charge >= 0.3 is 7.12 Å². The molecule has 1 aromatic heterocycles. The Labute approximate surface area is 136 Å². The van der Waals surface area contributed by atoms with Gasteiger partial charge in [0.05, 0.1) is 23.4 Å². The molecular weight excluding hydrogens is 299 g/mol. The molecule has 0 aliphatic carbocycles. The summed E-state index contributed by atoms with van der Waals surface area (Å²) in [6.45, 7) is 9.39. The van der Waals surface area contributed by atoms with Crippen molar-refractivity contribution in [3.63, 3.8) is 0 Å². The van der Waals surface area contributed by atoms with Gasteiger partial charge < -0.3 is 14.0 Å². The molecule has 0 unspecified atom stereocenters. The molecule has 1 aromatic rings. The van der Waals surface area contributed by atoms with Crippen LogP contribution in [-0.4, -0.2) is 59.2 Å². The second-order valence-corrected chi connectivity index (χ2v) is 12.3. The van der Waals surface area contributed by atoms with Crippen molar-refractivity contribution in [2.75, 3.05) is 31.1 Å². The molecular formula is C15H29BN2O3S. The summed E-state index contributed by atoms with van der Waals surface area (Å²) in [5.74, 6) is 1.10. The maximum Gasteiger partial charge on any atom is 0.514 e. The lowest BCUT2D eigenvalue weighted by atomic mass is 9.85. The molecule has 22 heavy (non-hydrogen) atoms. The van der Waals surface area contributed by atoms with Crippen molar-refractivity contribution >= 4 is 22.7 Å². The van der Waals surface area contributed by atoms with Crippen LogP contribution in [0.4, 0.5) is 0 Å². The van der Waals surface area contributed by atoms with Crippen LogP contribution in [0.15, 0.2) is 12.3 Å². The minimum absolute atomic E-state index is 0.344. The Morgan fingerprint density at radius 3 is 2.32 bits per heavy atom. The van der Waals surface area contributed by atoms with Crippen LogP contribution < -0.4 is 5.59 Å². The number of aromatic nitrogens is 2. The lowest BCUT2D eigenvalue weighted by molar-refractivity contribution is 0.00578. The lowest BCUT2D eigenvalue weighted by Crippen LogP contribution is -2.41. The summed E-state index contributed by atoms with van der Waals surface area (Å²) >= 11 is 0. The zero-order valence-electron chi connectivity index (χ0n) is 14.9. The van der Waals surface area contributed by atoms with Gasteiger partial charge in [-0.05, 0) is 52.5 Å². The van der Waals surface area contributed by atoms with Gasteiger partial charge in [-0.25, -0.2) is 14.7 Å². The molecule has 0 radical (unpaired) electrons. The van der Waals surface area contributed by atoms with E-state index in [-0.39, 0.29) is 11.2 Å². The van der Waals surface area contributed by atoms with Gasteiger partial charge in [-0.1, -0.05) is 0 Å². The highest BCUT2D eigenvalue weighted by atomic mass is 32.3. The fraction of sp³-hybridized carbons (Fsp3) is 0.800. The van der Waals surface area contributed by atoms with Crippen LogP contribution in [0, 0.1) is 0 Å². The van der Waals surface area contributed by atoms with E-state index in [1.165, 1.54) is 0 Å². The summed E-state index contributed by atoms with van der Waals surface area (Å²) in [5, 5.41) is 4.33. The summed E-state index contributed by atoms with van der Waals surface area (Å²) in [4.78, 5) is 0. The van der Waals surface area contributed by atoms with Crippen LogP contribution in [0.5, 0.6) is 0 Å². The monoisotopic (exact) mass is 328 g/mol. The Kier molecular flexibility index (Phi) is 5.02. The third-order valence-corrected chi connectivity index (χ3v) is 5.69. The molecule has 0 atom stereocenters. The molecule has 0 spiro atoms. The molecule has 1 fully saturated rings. The van der Waals surface area contributed by atoms with Gasteiger partial charge in [-0.2, -0.15) is 5.10 Å². The van der Waals surface area contributed by atoms with Gasteiger partial charge in [-0.3, -0.25) is 0 Å². The van der Waals surface area contributed by atoms with E-state index in [4.69, 9.17) is 14.0 Å². The van der Waals surface area contributed by atoms with E-state index in [1.807, 2.05) is 10.7 Å². The van der Waals surface area contributed by atoms with Crippen LogP contribution in [0.1, 0.15) is 27.7 Å². The summed E-state index contributed by atoms with van der Waals surface area (Å²) in [7, 11) is -0.925. The Morgan fingerprint density at radius 2 is 1.77 bits per heavy atom. The van der Waals surface area contributed by atoms with E-state index in [0.29, 0.717) is 6.73 Å². The lowest BCUT2D eigenvalue weighted by Gasteiger charge is -2.32. The molecule has 1 aliphatic heterocycles. The Bertz CT molecular complexity index is 495. The first-order valence-corrected chi connectivity index (χ1v) is 10.7. The molecule has 2 rings (SSSR count). The Morgan fingerprint density at radius 1 is 1.18 bits per heavy atom. The highest BCUT2D eigenvalue weighted by Gasteiger charge is 2.52. The van der Waals surface area contributed by atoms with E-state index in [1.54, 1.807) is 6.20 Å². The average molecular weight is 328 g/mol. The molecule has 5 nitrogen and oxygen atoms in total. The summed E-state index contributed by atoms with van der Waals surface area (Å²) in [5.41, 5.74) is 0.216. The van der Waals surface area contributed by atoms with Crippen LogP contribution in [0.25, 0.3) is 0 Å². The minimum atomic E-state index is -0.526. The fourth-order valence-electron chi connectivity index (χ4n) is 2.07. The van der Waals surface area contributed by atoms with Crippen LogP contribution in [0.3, 0.4) is 0 Å². The Balaban J connectivity index is 1.96. The SMILES string of the molecule is CC1(C)OB(c2ccnn2COCCS(C)(C)C)OC1(C)C. The van der Waals surface area contributed by atoms with Crippen molar-refractivity contribution < 1.29 is 14.0 Å². The number of rotatable bonds is 6. The summed E-state index contributed by atoms with van der Waals surface area (Å²) in [6, 6.07) is 1.93. The molecule has 1 saturated heterocycles. The highest BCUT2D eigenvalue weighted by Crippen LogP contribution is 2.36. The molecule has 126 valence electrons. The second-order valence-electron chi connectivity index (χ2n) is 7.68. The van der Waals surface area contributed by atoms with Gasteiger partial charge in [0.2, 0.25) is 0 Å². The first-order chi connectivity index (χ1) is 10.0. The van der Waals surface area contributed by atoms with Crippen LogP contribution in [-0.2, 0) is 20.8 Å². The zero-order valence-corrected chi connectivity index (χ0v) is 15.7. The molecule has 7 heteroatoms. The smallest absolute Gasteiger partial charge is 0.398 e. The third kappa shape index (κ3) is 4.07. The number of ether oxygens (including phenoxy) is 1. The minimum Gasteiger partial charge on any atom is -0.398 e. The second kappa shape index (κ2) is 6.19. The molecule has 0 amide bonds. The van der Waals surface area contributed by atoms with Gasteiger partial charge in [0, 0.05) is 11.9 Å². The maximum atomic E-state index is 6.08. The molecule has 0 aromatic carbocycles. The predicted octanol–water partition coefficient (Wildman–Crippen LogP) is 1.85. The summed E-state index contributed by atoms with van der Waals surface area (Å²) < 4.78 is 19.7. The standard InChI is InChI=1S/C15H29BN2O3S/c1-14(2)15(3,4)21-16(20-14)13-8-9-17-18(13)12-19-10-11-22(5,6)7/h8-9H,10-12H2,1-7H3. The molecule has 0 saturated carbocycles. The first-order valence-electron chi connectivity index (χ1n) is 7.63. The summed E-state index contributed by atoms with van der Waals surface area (Å²) in [6.07, 6.45) is 8.64. The first kappa shape index (κ1) is 17.9. The number of nitrogens with zero attached hydrogens (tertiary/aromatic N) is 2. The quantitative estimate of drug-likeness (QED) is 0.591. The van der Waals surface area contributed by atoms with Crippen molar-refractivity contribution in [3.05, 3.63) is 12.3 Å². The van der Waals surface area contributed by atoms with E-state index in [2.05, 4.69) is 51.6 Å². The fourth-order valence-corrected chi connectivity index (χ4v) is 2.69. The van der Waals surface area contributed by atoms with Gasteiger partial charge in [0.15, 0.2) is 0 Å². The molecule has 0 N–H and O–H groups in total. The molecule has 1 aliphatic rings. The van der Waals surface area contributed by atoms with Crippen molar-refractivity contribution in [2.24, 2.45) is 0 Å². The van der Waals surface area contributed by atoms with E-state index in [0.717, 1.165) is 18.0 Å². The van der Waals surface area contributed by atoms with E-state index >= 15 is 0 Å². The van der Waals surface area contributed by atoms with E-state index in [9.17, 15) is 0 Å². The van der Waals surface area contributed by atoms with Crippen molar-refractivity contribution in [1.29, 1.82) is 0 Å². The van der Waals surface area contributed by atoms with Crippen LogP contribution >= 0.6 is 10.0 Å². The van der Waals surface area contributed by atoms with Gasteiger partial charge in [0.25, 0.3) is 0 Å². The van der Waals surface area contributed by atoms with Gasteiger partial charge in [-0.15, -0.1) is 0 Å². The van der Waals surface area contributed by atoms with Crippen molar-refractivity contribution in [1.82, 2.24) is 9.78 Å². The largest absolute Gasteiger partial charge is 0.514 e. The van der Waals surface area contributed by atoms with Gasteiger partial charge in [0.1, 0.15) is 6.73 Å². The topological polar surface area (TPSA) is 45.5 Å². The average Bonchev–Trinajstić information content (AvgIpc) is 2.87. The van der Waals surface area contributed by atoms with Crippen molar-refractivity contribution in [2.45, 2.75) is 45.6 Å². The zero-order chi connectivity index (χ0) is 16.6. The predicted molar refractivity (Wildman–Crippen MR) is 94.1 cm³/mol. The molecule has 0 bridgehead atoms. The Hall–Kier alpha value is -0.495. The molecule has 2 heterocycles. The van der Waals surface area contributed by atoms with E-state index < -0.39 is 17.1 Å².